The Labute approximate surface area is 116 Å². The van der Waals surface area contributed by atoms with Gasteiger partial charge in [-0.25, -0.2) is 4.79 Å². The monoisotopic (exact) mass is 286 g/mol. The molecule has 0 aliphatic heterocycles. The highest BCUT2D eigenvalue weighted by Gasteiger charge is 2.45. The van der Waals surface area contributed by atoms with E-state index in [2.05, 4.69) is 6.58 Å². The second-order valence-electron chi connectivity index (χ2n) is 5.41. The van der Waals surface area contributed by atoms with Crippen molar-refractivity contribution in [2.75, 3.05) is 0 Å². The lowest BCUT2D eigenvalue weighted by Gasteiger charge is -2.25. The third-order valence-electron chi connectivity index (χ3n) is 2.47. The summed E-state index contributed by atoms with van der Waals surface area (Å²) >= 11 is 0. The van der Waals surface area contributed by atoms with Crippen LogP contribution in [0.5, 0.6) is 0 Å². The molecule has 0 radical (unpaired) electrons. The minimum atomic E-state index is -4.60. The SMILES string of the molecule is C=C(C(=O)OC(C)(C)C)C(c1ccccc1)C(F)(F)F. The Bertz CT molecular complexity index is 484. The van der Waals surface area contributed by atoms with Crippen LogP contribution in [0.4, 0.5) is 13.2 Å². The first kappa shape index (κ1) is 16.3. The molecule has 0 saturated heterocycles. The molecule has 0 aliphatic rings. The normalized spacial score (nSPS) is 13.7. The molecule has 0 aromatic heterocycles. The molecular formula is C15H17F3O2. The molecular weight excluding hydrogens is 269 g/mol. The van der Waals surface area contributed by atoms with Gasteiger partial charge in [0.15, 0.2) is 0 Å². The van der Waals surface area contributed by atoms with E-state index in [-0.39, 0.29) is 5.56 Å². The van der Waals surface area contributed by atoms with E-state index < -0.39 is 29.2 Å². The van der Waals surface area contributed by atoms with Crippen molar-refractivity contribution in [1.29, 1.82) is 0 Å². The van der Waals surface area contributed by atoms with Crippen LogP contribution in [-0.4, -0.2) is 17.7 Å². The topological polar surface area (TPSA) is 26.3 Å². The third-order valence-corrected chi connectivity index (χ3v) is 2.47. The first-order valence-corrected chi connectivity index (χ1v) is 6.06. The number of rotatable bonds is 3. The maximum atomic E-state index is 13.2. The van der Waals surface area contributed by atoms with Gasteiger partial charge in [-0.1, -0.05) is 36.9 Å². The number of ether oxygens (including phenoxy) is 1. The molecule has 1 atom stereocenters. The number of halogens is 3. The molecule has 0 amide bonds. The van der Waals surface area contributed by atoms with Gasteiger partial charge in [-0.05, 0) is 26.3 Å². The van der Waals surface area contributed by atoms with Crippen molar-refractivity contribution in [3.8, 4) is 0 Å². The smallest absolute Gasteiger partial charge is 0.399 e. The molecule has 1 aromatic carbocycles. The predicted molar refractivity (Wildman–Crippen MR) is 70.2 cm³/mol. The molecule has 1 rings (SSSR count). The van der Waals surface area contributed by atoms with Gasteiger partial charge in [-0.3, -0.25) is 0 Å². The highest BCUT2D eigenvalue weighted by molar-refractivity contribution is 5.90. The maximum absolute atomic E-state index is 13.2. The Morgan fingerprint density at radius 2 is 1.65 bits per heavy atom. The van der Waals surface area contributed by atoms with Crippen molar-refractivity contribution in [1.82, 2.24) is 0 Å². The van der Waals surface area contributed by atoms with Gasteiger partial charge in [-0.2, -0.15) is 13.2 Å². The van der Waals surface area contributed by atoms with Gasteiger partial charge in [-0.15, -0.1) is 0 Å². The van der Waals surface area contributed by atoms with Crippen LogP contribution in [0.1, 0.15) is 32.3 Å². The first-order valence-electron chi connectivity index (χ1n) is 6.06. The molecule has 2 nitrogen and oxygen atoms in total. The van der Waals surface area contributed by atoms with Gasteiger partial charge in [0.1, 0.15) is 11.5 Å². The fourth-order valence-electron chi connectivity index (χ4n) is 1.69. The van der Waals surface area contributed by atoms with E-state index in [0.717, 1.165) is 0 Å². The predicted octanol–water partition coefficient (Wildman–Crippen LogP) is 4.23. The summed E-state index contributed by atoms with van der Waals surface area (Å²) in [5.41, 5.74) is -1.51. The van der Waals surface area contributed by atoms with Crippen molar-refractivity contribution < 1.29 is 22.7 Å². The second kappa shape index (κ2) is 5.69. The van der Waals surface area contributed by atoms with E-state index in [9.17, 15) is 18.0 Å². The standard InChI is InChI=1S/C15H17F3O2/c1-10(13(19)20-14(2,3)4)12(15(16,17)18)11-8-6-5-7-9-11/h5-9,12H,1H2,2-4H3. The highest BCUT2D eigenvalue weighted by Crippen LogP contribution is 2.40. The number of alkyl halides is 3. The van der Waals surface area contributed by atoms with Gasteiger partial charge in [0.25, 0.3) is 0 Å². The van der Waals surface area contributed by atoms with E-state index in [1.807, 2.05) is 0 Å². The second-order valence-corrected chi connectivity index (χ2v) is 5.41. The summed E-state index contributed by atoms with van der Waals surface area (Å²) in [5.74, 6) is -3.10. The number of esters is 1. The van der Waals surface area contributed by atoms with Gasteiger partial charge in [0.2, 0.25) is 0 Å². The molecule has 0 N–H and O–H groups in total. The van der Waals surface area contributed by atoms with E-state index in [4.69, 9.17) is 4.74 Å². The fraction of sp³-hybridized carbons (Fsp3) is 0.400. The van der Waals surface area contributed by atoms with Gasteiger partial charge < -0.3 is 4.74 Å². The first-order chi connectivity index (χ1) is 9.02. The number of hydrogen-bond acceptors (Lipinski definition) is 2. The summed E-state index contributed by atoms with van der Waals surface area (Å²) in [5, 5.41) is 0. The summed E-state index contributed by atoms with van der Waals surface area (Å²) in [6.45, 7) is 8.05. The van der Waals surface area contributed by atoms with Crippen LogP contribution in [0.2, 0.25) is 0 Å². The zero-order valence-electron chi connectivity index (χ0n) is 11.6. The Morgan fingerprint density at radius 1 is 1.15 bits per heavy atom. The fourth-order valence-corrected chi connectivity index (χ4v) is 1.69. The molecule has 0 fully saturated rings. The van der Waals surface area contributed by atoms with Crippen LogP contribution in [-0.2, 0) is 9.53 Å². The maximum Gasteiger partial charge on any atom is 0.399 e. The largest absolute Gasteiger partial charge is 0.457 e. The zero-order valence-corrected chi connectivity index (χ0v) is 11.6. The summed E-state index contributed by atoms with van der Waals surface area (Å²) < 4.78 is 44.5. The van der Waals surface area contributed by atoms with Crippen molar-refractivity contribution in [3.63, 3.8) is 0 Å². The molecule has 20 heavy (non-hydrogen) atoms. The van der Waals surface area contributed by atoms with Gasteiger partial charge >= 0.3 is 12.1 Å². The Balaban J connectivity index is 3.08. The van der Waals surface area contributed by atoms with Crippen molar-refractivity contribution in [2.45, 2.75) is 38.5 Å². The molecule has 110 valence electrons. The van der Waals surface area contributed by atoms with Gasteiger partial charge in [0.05, 0.1) is 0 Å². The lowest BCUT2D eigenvalue weighted by atomic mass is 9.91. The lowest BCUT2D eigenvalue weighted by molar-refractivity contribution is -0.161. The number of benzene rings is 1. The average molecular weight is 286 g/mol. The Morgan fingerprint density at radius 3 is 2.05 bits per heavy atom. The molecule has 0 saturated carbocycles. The lowest BCUT2D eigenvalue weighted by Crippen LogP contribution is -2.31. The van der Waals surface area contributed by atoms with Crippen LogP contribution < -0.4 is 0 Å². The zero-order chi connectivity index (χ0) is 15.6. The van der Waals surface area contributed by atoms with Crippen LogP contribution in [0.25, 0.3) is 0 Å². The number of carbonyl (C=O) groups is 1. The van der Waals surface area contributed by atoms with Crippen LogP contribution >= 0.6 is 0 Å². The van der Waals surface area contributed by atoms with Crippen LogP contribution in [0.3, 0.4) is 0 Å². The van der Waals surface area contributed by atoms with Crippen molar-refractivity contribution >= 4 is 5.97 Å². The summed E-state index contributed by atoms with van der Waals surface area (Å²) in [6, 6.07) is 7.20. The Hall–Kier alpha value is -1.78. The van der Waals surface area contributed by atoms with Crippen LogP contribution in [0, 0.1) is 0 Å². The number of carbonyl (C=O) groups excluding carboxylic acids is 1. The molecule has 0 spiro atoms. The van der Waals surface area contributed by atoms with E-state index in [1.165, 1.54) is 24.3 Å². The minimum Gasteiger partial charge on any atom is -0.457 e. The highest BCUT2D eigenvalue weighted by atomic mass is 19.4. The van der Waals surface area contributed by atoms with Crippen molar-refractivity contribution in [2.24, 2.45) is 0 Å². The average Bonchev–Trinajstić information content (AvgIpc) is 2.26. The van der Waals surface area contributed by atoms with Crippen molar-refractivity contribution in [3.05, 3.63) is 48.0 Å². The molecule has 0 bridgehead atoms. The summed E-state index contributed by atoms with van der Waals surface area (Å²) in [7, 11) is 0. The van der Waals surface area contributed by atoms with Crippen LogP contribution in [0.15, 0.2) is 42.5 Å². The molecule has 0 aliphatic carbocycles. The minimum absolute atomic E-state index is 0.0316. The number of hydrogen-bond donors (Lipinski definition) is 0. The van der Waals surface area contributed by atoms with E-state index >= 15 is 0 Å². The van der Waals surface area contributed by atoms with E-state index in [1.54, 1.807) is 26.8 Å². The molecule has 1 unspecified atom stereocenters. The quantitative estimate of drug-likeness (QED) is 0.614. The summed E-state index contributed by atoms with van der Waals surface area (Å²) in [4.78, 5) is 11.8. The Kier molecular flexibility index (Phi) is 4.63. The molecule has 5 heteroatoms. The molecule has 0 heterocycles. The summed E-state index contributed by atoms with van der Waals surface area (Å²) in [6.07, 6.45) is -4.60. The molecule has 1 aromatic rings. The van der Waals surface area contributed by atoms with E-state index in [0.29, 0.717) is 0 Å². The third kappa shape index (κ3) is 4.40. The van der Waals surface area contributed by atoms with Gasteiger partial charge in [0, 0.05) is 5.57 Å².